The fourth-order valence-electron chi connectivity index (χ4n) is 8.16. The number of rotatable bonds is 8. The summed E-state index contributed by atoms with van der Waals surface area (Å²) in [5.41, 5.74) is 11.0. The molecule has 1 fully saturated rings. The van der Waals surface area contributed by atoms with Crippen LogP contribution in [-0.4, -0.2) is 82.1 Å². The number of methoxy groups -OCH3 is 1. The lowest BCUT2D eigenvalue weighted by Gasteiger charge is -2.36. The number of amides is 2. The Balaban J connectivity index is 1.49. The Morgan fingerprint density at radius 3 is 2.72 bits per heavy atom. The predicted molar refractivity (Wildman–Crippen MR) is 214 cm³/mol. The van der Waals surface area contributed by atoms with E-state index in [4.69, 9.17) is 14.7 Å². The normalized spacial score (nSPS) is 21.1. The van der Waals surface area contributed by atoms with E-state index in [2.05, 4.69) is 84.8 Å². The number of thiazole rings is 1. The molecular weight excluding hydrogens is 683 g/mol. The Bertz CT molecular complexity index is 1950. The van der Waals surface area contributed by atoms with E-state index in [1.807, 2.05) is 45.1 Å². The Morgan fingerprint density at radius 1 is 1.21 bits per heavy atom. The number of ether oxygens (including phenoxy) is 1. The molecule has 3 aromatic heterocycles. The highest BCUT2D eigenvalue weighted by Gasteiger charge is 2.34. The minimum absolute atomic E-state index is 0.0176. The molecule has 11 heteroatoms. The average molecular weight is 740 g/mol. The molecule has 284 valence electrons. The highest BCUT2D eigenvalue weighted by Crippen LogP contribution is 2.42. The number of fused-ring (bicyclic) bond motifs is 6. The largest absolute Gasteiger partial charge is 0.375 e. The fourth-order valence-corrected chi connectivity index (χ4v) is 9.01. The van der Waals surface area contributed by atoms with Crippen LogP contribution in [0.2, 0.25) is 0 Å². The van der Waals surface area contributed by atoms with E-state index in [9.17, 15) is 9.59 Å². The van der Waals surface area contributed by atoms with E-state index >= 15 is 0 Å². The van der Waals surface area contributed by atoms with E-state index in [1.54, 1.807) is 12.1 Å². The number of benzene rings is 1. The van der Waals surface area contributed by atoms with Gasteiger partial charge in [-0.2, -0.15) is 0 Å². The molecule has 5 heterocycles. The number of aryl methyl sites for hydroxylation is 1. The number of likely N-dealkylation sites (N-methyl/N-ethyl adjacent to an activating group) is 1. The number of pyridine rings is 1. The quantitative estimate of drug-likeness (QED) is 0.185. The molecule has 2 N–H and O–H groups in total. The molecule has 0 aliphatic carbocycles. The zero-order chi connectivity index (χ0) is 38.0. The van der Waals surface area contributed by atoms with Crippen molar-refractivity contribution >= 4 is 34.1 Å². The van der Waals surface area contributed by atoms with Crippen LogP contribution in [0.25, 0.3) is 33.4 Å². The minimum Gasteiger partial charge on any atom is -0.375 e. The summed E-state index contributed by atoms with van der Waals surface area (Å²) in [5, 5.41) is 8.96. The second-order valence-electron chi connectivity index (χ2n) is 16.0. The van der Waals surface area contributed by atoms with Crippen molar-refractivity contribution in [3.63, 3.8) is 0 Å². The maximum atomic E-state index is 14.2. The minimum atomic E-state index is -0.755. The van der Waals surface area contributed by atoms with Gasteiger partial charge in [-0.15, -0.1) is 11.3 Å². The second kappa shape index (κ2) is 16.2. The zero-order valence-corrected chi connectivity index (χ0v) is 33.7. The molecule has 2 aliphatic heterocycles. The number of hydrogen-bond acceptors (Lipinski definition) is 8. The fraction of sp³-hybridized carbons (Fsp3) is 0.524. The van der Waals surface area contributed by atoms with Gasteiger partial charge in [0.15, 0.2) is 0 Å². The molecule has 0 saturated carbocycles. The van der Waals surface area contributed by atoms with E-state index in [1.165, 1.54) is 33.5 Å². The first-order valence-corrected chi connectivity index (χ1v) is 20.0. The van der Waals surface area contributed by atoms with Gasteiger partial charge in [-0.3, -0.25) is 24.5 Å². The molecule has 3 unspecified atom stereocenters. The summed E-state index contributed by atoms with van der Waals surface area (Å²) in [6.07, 6.45) is 10.0. The highest BCUT2D eigenvalue weighted by molar-refractivity contribution is 7.10. The maximum Gasteiger partial charge on any atom is 0.259 e. The summed E-state index contributed by atoms with van der Waals surface area (Å²) in [7, 11) is 5.55. The van der Waals surface area contributed by atoms with Crippen LogP contribution in [0.4, 0.5) is 0 Å². The van der Waals surface area contributed by atoms with E-state index in [0.717, 1.165) is 59.8 Å². The van der Waals surface area contributed by atoms with Crippen LogP contribution < -0.4 is 10.7 Å². The van der Waals surface area contributed by atoms with E-state index in [-0.39, 0.29) is 41.3 Å². The number of nitrogens with one attached hydrogen (secondary N) is 2. The summed E-state index contributed by atoms with van der Waals surface area (Å²) in [5.74, 6) is -0.203. The third-order valence-electron chi connectivity index (χ3n) is 10.8. The van der Waals surface area contributed by atoms with Crippen molar-refractivity contribution in [2.24, 2.45) is 11.3 Å². The van der Waals surface area contributed by atoms with Gasteiger partial charge in [0, 0.05) is 66.3 Å². The van der Waals surface area contributed by atoms with Crippen LogP contribution in [0.1, 0.15) is 83.2 Å². The van der Waals surface area contributed by atoms with E-state index in [0.29, 0.717) is 13.0 Å². The third kappa shape index (κ3) is 8.28. The van der Waals surface area contributed by atoms with Crippen molar-refractivity contribution in [2.45, 2.75) is 104 Å². The molecule has 4 atom stereocenters. The molecule has 0 radical (unpaired) electrons. The van der Waals surface area contributed by atoms with Gasteiger partial charge >= 0.3 is 0 Å². The lowest BCUT2D eigenvalue weighted by molar-refractivity contribution is -0.142. The SMILES string of the molecule is CCn1c(-c2cccnc2C(C)OC)c2c3cc(ccc31)-c1csc(n1)CC(NC(=O)C(C(C)C)N(C)C)C(=O)N1CCC[C@@H](/C=C/CC(C)(C)C2)N1. The first-order valence-electron chi connectivity index (χ1n) is 19.1. The van der Waals surface area contributed by atoms with Crippen molar-refractivity contribution in [3.05, 3.63) is 70.3 Å². The summed E-state index contributed by atoms with van der Waals surface area (Å²) >= 11 is 1.53. The summed E-state index contributed by atoms with van der Waals surface area (Å²) < 4.78 is 8.25. The molecule has 53 heavy (non-hydrogen) atoms. The molecule has 10 nitrogen and oxygen atoms in total. The molecule has 2 aliphatic rings. The lowest BCUT2D eigenvalue weighted by Crippen LogP contribution is -2.60. The number of nitrogens with zero attached hydrogens (tertiary/aromatic N) is 5. The molecule has 1 aromatic carbocycles. The zero-order valence-electron chi connectivity index (χ0n) is 32.9. The standard InChI is InChI=1S/C42H57N7O3S/c1-10-48-35-18-17-28-22-31(35)32(39(48)30-16-12-20-43-37(30)27(4)52-9)24-42(5,6)19-11-14-29-15-13-21-49(46-29)41(51)33(23-36-44-34(28)25-53-36)45-40(50)38(26(2)3)47(7)8/h11-12,14,16-18,20,22,25-27,29,33,38,46H,10,13,15,19,21,23-24H2,1-9H3,(H,45,50)/b14-11+/t27?,29-,33?,38?/m1/s1. The molecule has 0 spiro atoms. The van der Waals surface area contributed by atoms with Gasteiger partial charge in [-0.25, -0.2) is 10.4 Å². The number of carbonyl (C=O) groups excluding carboxylic acids is 2. The first-order chi connectivity index (χ1) is 25.3. The Morgan fingerprint density at radius 2 is 2.00 bits per heavy atom. The molecule has 6 bridgehead atoms. The van der Waals surface area contributed by atoms with Crippen LogP contribution in [0, 0.1) is 11.3 Å². The van der Waals surface area contributed by atoms with Gasteiger partial charge in [0.2, 0.25) is 5.91 Å². The Hall–Kier alpha value is -3.90. The Kier molecular flexibility index (Phi) is 11.9. The highest BCUT2D eigenvalue weighted by atomic mass is 32.1. The topological polar surface area (TPSA) is 105 Å². The number of allylic oxidation sites excluding steroid dienone is 1. The van der Waals surface area contributed by atoms with Crippen LogP contribution >= 0.6 is 11.3 Å². The van der Waals surface area contributed by atoms with Crippen LogP contribution in [0.5, 0.6) is 0 Å². The van der Waals surface area contributed by atoms with E-state index < -0.39 is 6.04 Å². The van der Waals surface area contributed by atoms with Crippen LogP contribution in [0.3, 0.4) is 0 Å². The average Bonchev–Trinajstić information content (AvgIpc) is 3.71. The van der Waals surface area contributed by atoms with Gasteiger partial charge in [-0.05, 0) is 94.8 Å². The molecule has 2 amide bonds. The lowest BCUT2D eigenvalue weighted by atomic mass is 9.80. The number of hydrazine groups is 1. The van der Waals surface area contributed by atoms with Crippen molar-refractivity contribution in [1.29, 1.82) is 0 Å². The van der Waals surface area contributed by atoms with Crippen molar-refractivity contribution < 1.29 is 14.3 Å². The van der Waals surface area contributed by atoms with Crippen molar-refractivity contribution in [1.82, 2.24) is 35.2 Å². The molecule has 1 saturated heterocycles. The number of carbonyl (C=O) groups is 2. The Labute approximate surface area is 319 Å². The maximum absolute atomic E-state index is 14.2. The summed E-state index contributed by atoms with van der Waals surface area (Å²) in [6, 6.07) is 9.77. The van der Waals surface area contributed by atoms with Crippen LogP contribution in [0.15, 0.2) is 54.1 Å². The van der Waals surface area contributed by atoms with Crippen LogP contribution in [-0.2, 0) is 33.7 Å². The smallest absolute Gasteiger partial charge is 0.259 e. The second-order valence-corrected chi connectivity index (χ2v) is 16.9. The summed E-state index contributed by atoms with van der Waals surface area (Å²) in [4.78, 5) is 39.8. The predicted octanol–water partition coefficient (Wildman–Crippen LogP) is 7.19. The van der Waals surface area contributed by atoms with Gasteiger partial charge in [0.05, 0.1) is 34.2 Å². The van der Waals surface area contributed by atoms with Gasteiger partial charge in [-0.1, -0.05) is 45.9 Å². The molecular formula is C42H57N7O3S. The number of aromatic nitrogens is 3. The van der Waals surface area contributed by atoms with Gasteiger partial charge in [0.25, 0.3) is 5.91 Å². The molecule has 4 aromatic rings. The number of hydrogen-bond donors (Lipinski definition) is 2. The first kappa shape index (κ1) is 38.8. The summed E-state index contributed by atoms with van der Waals surface area (Å²) in [6.45, 7) is 14.4. The van der Waals surface area contributed by atoms with Gasteiger partial charge < -0.3 is 14.6 Å². The van der Waals surface area contributed by atoms with Crippen molar-refractivity contribution in [2.75, 3.05) is 27.7 Å². The van der Waals surface area contributed by atoms with Crippen molar-refractivity contribution in [3.8, 4) is 22.5 Å². The van der Waals surface area contributed by atoms with Gasteiger partial charge in [0.1, 0.15) is 6.04 Å². The third-order valence-corrected chi connectivity index (χ3v) is 11.7. The monoisotopic (exact) mass is 739 g/mol. The molecule has 6 rings (SSSR count).